The maximum absolute atomic E-state index is 13.4. The van der Waals surface area contributed by atoms with Gasteiger partial charge in [0.05, 0.1) is 29.1 Å². The molecule has 16 heteroatoms. The van der Waals surface area contributed by atoms with Crippen molar-refractivity contribution in [3.8, 4) is 0 Å². The molecular formula is C16H22BrFN8O5S. The molecule has 32 heavy (non-hydrogen) atoms. The second-order valence-electron chi connectivity index (χ2n) is 5.95. The van der Waals surface area contributed by atoms with Crippen molar-refractivity contribution < 1.29 is 27.8 Å². The SMILES string of the molecule is CCS(=O)(=O)NC(=NCCO)NCCNc1nonc1C(=Nc1ccc(F)c(Br)c1)NO. The quantitative estimate of drug-likeness (QED) is 0.107. The minimum atomic E-state index is -3.55. The van der Waals surface area contributed by atoms with Crippen molar-refractivity contribution in [1.29, 1.82) is 0 Å². The Labute approximate surface area is 191 Å². The van der Waals surface area contributed by atoms with E-state index in [4.69, 9.17) is 9.74 Å². The van der Waals surface area contributed by atoms with Gasteiger partial charge in [-0.15, -0.1) is 0 Å². The summed E-state index contributed by atoms with van der Waals surface area (Å²) in [5.41, 5.74) is 2.26. The Morgan fingerprint density at radius 2 is 2.09 bits per heavy atom. The first-order valence-corrected chi connectivity index (χ1v) is 11.6. The Balaban J connectivity index is 2.03. The number of hydrogen-bond donors (Lipinski definition) is 6. The van der Waals surface area contributed by atoms with Gasteiger partial charge in [0.2, 0.25) is 21.8 Å². The molecule has 0 radical (unpaired) electrons. The second kappa shape index (κ2) is 12.3. The number of halogens is 2. The van der Waals surface area contributed by atoms with E-state index in [1.807, 2.05) is 5.48 Å². The van der Waals surface area contributed by atoms with Crippen LogP contribution in [0.4, 0.5) is 15.9 Å². The maximum Gasteiger partial charge on any atom is 0.234 e. The molecule has 0 atom stereocenters. The number of anilines is 1. The van der Waals surface area contributed by atoms with E-state index in [-0.39, 0.29) is 59.8 Å². The molecule has 0 bridgehead atoms. The van der Waals surface area contributed by atoms with Crippen molar-refractivity contribution in [2.24, 2.45) is 9.98 Å². The largest absolute Gasteiger partial charge is 0.394 e. The molecule has 1 aromatic heterocycles. The number of rotatable bonds is 10. The molecule has 0 fully saturated rings. The third-order valence-electron chi connectivity index (χ3n) is 3.67. The van der Waals surface area contributed by atoms with Crippen LogP contribution in [0.3, 0.4) is 0 Å². The first-order chi connectivity index (χ1) is 15.3. The van der Waals surface area contributed by atoms with Crippen LogP contribution in [0.5, 0.6) is 0 Å². The number of aromatic nitrogens is 2. The predicted octanol–water partition coefficient (Wildman–Crippen LogP) is 0.317. The van der Waals surface area contributed by atoms with E-state index < -0.39 is 15.8 Å². The fraction of sp³-hybridized carbons (Fsp3) is 0.375. The average Bonchev–Trinajstić information content (AvgIpc) is 3.23. The predicted molar refractivity (Wildman–Crippen MR) is 118 cm³/mol. The lowest BCUT2D eigenvalue weighted by molar-refractivity contribution is 0.234. The van der Waals surface area contributed by atoms with E-state index in [9.17, 15) is 18.0 Å². The summed E-state index contributed by atoms with van der Waals surface area (Å²) < 4.78 is 44.0. The zero-order chi connectivity index (χ0) is 23.6. The molecule has 0 saturated carbocycles. The molecule has 0 aliphatic rings. The summed E-state index contributed by atoms with van der Waals surface area (Å²) in [6, 6.07) is 4.00. The summed E-state index contributed by atoms with van der Waals surface area (Å²) in [4.78, 5) is 8.07. The summed E-state index contributed by atoms with van der Waals surface area (Å²) >= 11 is 3.05. The molecule has 0 unspecified atom stereocenters. The molecule has 2 rings (SSSR count). The van der Waals surface area contributed by atoms with Crippen molar-refractivity contribution >= 4 is 49.3 Å². The van der Waals surface area contributed by atoms with Gasteiger partial charge < -0.3 is 15.7 Å². The average molecular weight is 537 g/mol. The lowest BCUT2D eigenvalue weighted by atomic mass is 10.3. The molecule has 1 aromatic carbocycles. The van der Waals surface area contributed by atoms with Gasteiger partial charge >= 0.3 is 0 Å². The Bertz CT molecular complexity index is 1060. The molecule has 0 amide bonds. The summed E-state index contributed by atoms with van der Waals surface area (Å²) in [5.74, 6) is -0.594. The number of benzene rings is 1. The molecule has 1 heterocycles. The van der Waals surface area contributed by atoms with Crippen molar-refractivity contribution in [2.45, 2.75) is 6.92 Å². The third kappa shape index (κ3) is 7.70. The third-order valence-corrected chi connectivity index (χ3v) is 5.55. The number of hydroxylamine groups is 1. The van der Waals surface area contributed by atoms with Crippen LogP contribution < -0.4 is 20.8 Å². The molecule has 0 spiro atoms. The highest BCUT2D eigenvalue weighted by Gasteiger charge is 2.17. The first-order valence-electron chi connectivity index (χ1n) is 9.20. The fourth-order valence-corrected chi connectivity index (χ4v) is 3.08. The van der Waals surface area contributed by atoms with E-state index >= 15 is 0 Å². The van der Waals surface area contributed by atoms with E-state index in [0.717, 1.165) is 0 Å². The molecule has 0 aliphatic heterocycles. The second-order valence-corrected chi connectivity index (χ2v) is 8.81. The monoisotopic (exact) mass is 536 g/mol. The highest BCUT2D eigenvalue weighted by atomic mass is 79.9. The minimum absolute atomic E-state index is 0.0117. The van der Waals surface area contributed by atoms with Crippen LogP contribution in [-0.4, -0.2) is 72.8 Å². The smallest absolute Gasteiger partial charge is 0.234 e. The van der Waals surface area contributed by atoms with Gasteiger partial charge in [0.15, 0.2) is 11.5 Å². The number of nitrogens with one attached hydrogen (secondary N) is 4. The Kier molecular flexibility index (Phi) is 9.76. The fourth-order valence-electron chi connectivity index (χ4n) is 2.14. The van der Waals surface area contributed by atoms with Crippen LogP contribution in [0.1, 0.15) is 12.6 Å². The van der Waals surface area contributed by atoms with Crippen molar-refractivity contribution in [2.75, 3.05) is 37.3 Å². The van der Waals surface area contributed by atoms with Crippen molar-refractivity contribution in [1.82, 2.24) is 25.8 Å². The Morgan fingerprint density at radius 1 is 1.31 bits per heavy atom. The van der Waals surface area contributed by atoms with Crippen LogP contribution in [-0.2, 0) is 10.0 Å². The van der Waals surface area contributed by atoms with E-state index in [1.165, 1.54) is 25.1 Å². The molecule has 0 saturated heterocycles. The lowest BCUT2D eigenvalue weighted by Gasteiger charge is -2.12. The van der Waals surface area contributed by atoms with E-state index in [1.54, 1.807) is 0 Å². The van der Waals surface area contributed by atoms with Crippen molar-refractivity contribution in [3.05, 3.63) is 34.2 Å². The van der Waals surface area contributed by atoms with Crippen LogP contribution in [0.2, 0.25) is 0 Å². The highest BCUT2D eigenvalue weighted by Crippen LogP contribution is 2.23. The normalized spacial score (nSPS) is 12.5. The summed E-state index contributed by atoms with van der Waals surface area (Å²) in [6.07, 6.45) is 0. The van der Waals surface area contributed by atoms with Gasteiger partial charge in [0.25, 0.3) is 0 Å². The maximum atomic E-state index is 13.4. The van der Waals surface area contributed by atoms with Gasteiger partial charge in [-0.05, 0) is 51.4 Å². The molecule has 2 aromatic rings. The zero-order valence-electron chi connectivity index (χ0n) is 16.8. The van der Waals surface area contributed by atoms with Gasteiger partial charge in [-0.3, -0.25) is 20.4 Å². The molecule has 13 nitrogen and oxygen atoms in total. The zero-order valence-corrected chi connectivity index (χ0v) is 19.2. The number of amidine groups is 1. The van der Waals surface area contributed by atoms with Gasteiger partial charge in [0.1, 0.15) is 5.82 Å². The summed E-state index contributed by atoms with van der Waals surface area (Å²) in [7, 11) is -3.55. The number of aliphatic imine (C=N–C) groups is 2. The molecule has 176 valence electrons. The number of aliphatic hydroxyl groups is 1. The first kappa shape index (κ1) is 25.4. The van der Waals surface area contributed by atoms with Crippen LogP contribution >= 0.6 is 15.9 Å². The lowest BCUT2D eigenvalue weighted by Crippen LogP contribution is -2.43. The summed E-state index contributed by atoms with van der Waals surface area (Å²) in [6.45, 7) is 1.67. The van der Waals surface area contributed by atoms with Crippen LogP contribution in [0.15, 0.2) is 37.3 Å². The number of aliphatic hydroxyl groups excluding tert-OH is 1. The summed E-state index contributed by atoms with van der Waals surface area (Å²) in [5, 5.41) is 31.4. The topological polar surface area (TPSA) is 186 Å². The standard InChI is InChI=1S/C16H22BrFN8O5S/c1-2-32(29,30)26-16(21-7-8-27)20-6-5-19-14-13(24-31-25-14)15(23-28)22-10-3-4-12(18)11(17)9-10/h3-4,9,27-28H,2,5-8H2,1H3,(H,19,25)(H,22,23)(H2,20,21,26). The van der Waals surface area contributed by atoms with E-state index in [2.05, 4.69) is 51.6 Å². The Hall–Kier alpha value is -2.82. The Morgan fingerprint density at radius 3 is 2.75 bits per heavy atom. The molecule has 0 aliphatic carbocycles. The van der Waals surface area contributed by atoms with Gasteiger partial charge in [-0.25, -0.2) is 22.4 Å². The van der Waals surface area contributed by atoms with Gasteiger partial charge in [0, 0.05) is 13.1 Å². The van der Waals surface area contributed by atoms with Crippen LogP contribution in [0, 0.1) is 5.82 Å². The van der Waals surface area contributed by atoms with Crippen molar-refractivity contribution in [3.63, 3.8) is 0 Å². The number of hydrogen-bond acceptors (Lipinski definition) is 10. The number of nitrogens with zero attached hydrogens (tertiary/aromatic N) is 4. The molecule has 6 N–H and O–H groups in total. The van der Waals surface area contributed by atoms with E-state index in [0.29, 0.717) is 5.69 Å². The highest BCUT2D eigenvalue weighted by molar-refractivity contribution is 9.10. The van der Waals surface area contributed by atoms with Crippen LogP contribution in [0.25, 0.3) is 0 Å². The number of guanidine groups is 1. The number of sulfonamides is 1. The van der Waals surface area contributed by atoms with Gasteiger partial charge in [-0.2, -0.15) is 0 Å². The minimum Gasteiger partial charge on any atom is -0.394 e. The van der Waals surface area contributed by atoms with Gasteiger partial charge in [-0.1, -0.05) is 0 Å². The molecular weight excluding hydrogens is 515 g/mol.